The molecule has 0 saturated heterocycles. The molecule has 3 aliphatic rings. The number of Topliss-reactive ketones (excluding diaryl/α,β-unsaturated/α-hetero) is 4. The molecule has 2 aromatic carbocycles. The molecule has 0 aromatic heterocycles. The molecule has 2 saturated carbocycles. The quantitative estimate of drug-likeness (QED) is 0.283. The van der Waals surface area contributed by atoms with Crippen LogP contribution in [-0.4, -0.2) is 83.1 Å². The van der Waals surface area contributed by atoms with Crippen LogP contribution in [0, 0.1) is 23.7 Å². The number of nitrogens with one attached hydrogen (secondary N) is 1. The number of phenols is 1. The van der Waals surface area contributed by atoms with E-state index in [0.717, 1.165) is 0 Å². The Labute approximate surface area is 239 Å². The highest BCUT2D eigenvalue weighted by atomic mass is 16.6. The molecule has 2 aromatic rings. The van der Waals surface area contributed by atoms with Gasteiger partial charge in [0.2, 0.25) is 5.91 Å². The lowest BCUT2D eigenvalue weighted by atomic mass is 9.52. The van der Waals surface area contributed by atoms with Gasteiger partial charge in [-0.1, -0.05) is 0 Å². The van der Waals surface area contributed by atoms with E-state index in [1.807, 2.05) is 0 Å². The third-order valence-corrected chi connectivity index (χ3v) is 8.45. The summed E-state index contributed by atoms with van der Waals surface area (Å²) >= 11 is 0. The fourth-order valence-electron chi connectivity index (χ4n) is 6.61. The highest BCUT2D eigenvalue weighted by Crippen LogP contribution is 2.51. The molecule has 13 heteroatoms. The van der Waals surface area contributed by atoms with E-state index in [1.165, 1.54) is 50.4 Å². The van der Waals surface area contributed by atoms with Gasteiger partial charge in [-0.15, -0.1) is 0 Å². The molecule has 2 unspecified atom stereocenters. The predicted molar refractivity (Wildman–Crippen MR) is 144 cm³/mol. The second-order valence-corrected chi connectivity index (χ2v) is 11.0. The largest absolute Gasteiger partial charge is 0.507 e. The molecule has 2 fully saturated rings. The molecular formula is C29H29N3O10. The van der Waals surface area contributed by atoms with Crippen molar-refractivity contribution < 1.29 is 48.5 Å². The fourth-order valence-corrected chi connectivity index (χ4v) is 6.61. The lowest BCUT2D eigenvalue weighted by molar-refractivity contribution is -0.181. The zero-order valence-corrected chi connectivity index (χ0v) is 23.0. The maximum atomic E-state index is 13.9. The average molecular weight is 580 g/mol. The number of phenolic OH excluding ortho intramolecular Hbond substituents is 1. The van der Waals surface area contributed by atoms with Gasteiger partial charge in [0.1, 0.15) is 17.2 Å². The summed E-state index contributed by atoms with van der Waals surface area (Å²) in [5, 5.41) is 24.8. The number of ketones is 4. The van der Waals surface area contributed by atoms with Gasteiger partial charge in [-0.25, -0.2) is 4.79 Å². The number of benzene rings is 2. The number of aliphatic hydroxyl groups is 1. The Bertz CT molecular complexity index is 1530. The summed E-state index contributed by atoms with van der Waals surface area (Å²) in [5.74, 6) is -10.8. The van der Waals surface area contributed by atoms with Crippen molar-refractivity contribution in [2.45, 2.75) is 24.5 Å². The number of primary amides is 1. The van der Waals surface area contributed by atoms with Gasteiger partial charge >= 0.3 is 6.09 Å². The van der Waals surface area contributed by atoms with Crippen LogP contribution in [0.3, 0.4) is 0 Å². The third kappa shape index (κ3) is 4.32. The van der Waals surface area contributed by atoms with Crippen molar-refractivity contribution in [3.63, 3.8) is 0 Å². The SMILES string of the molecule is COc1ccc(OC(=O)Nc2ccc(O)c3c2C[C@@H]2C[C@@H]4[C@@H](N(C)C)C(=O)C(C(N)=O)C(=O)[C@]4(O)C(=O)C2C3=O)cc1. The zero-order chi connectivity index (χ0) is 30.7. The number of methoxy groups -OCH3 is 1. The van der Waals surface area contributed by atoms with Crippen molar-refractivity contribution in [1.82, 2.24) is 4.90 Å². The molecule has 0 heterocycles. The summed E-state index contributed by atoms with van der Waals surface area (Å²) in [5.41, 5.74) is 2.64. The van der Waals surface area contributed by atoms with Gasteiger partial charge in [0.25, 0.3) is 0 Å². The number of fused-ring (bicyclic) bond motifs is 3. The Kier molecular flexibility index (Phi) is 7.11. The van der Waals surface area contributed by atoms with Crippen LogP contribution >= 0.6 is 0 Å². The molecule has 2 amide bonds. The zero-order valence-electron chi connectivity index (χ0n) is 23.0. The van der Waals surface area contributed by atoms with E-state index in [9.17, 15) is 39.0 Å². The molecule has 5 rings (SSSR count). The third-order valence-electron chi connectivity index (χ3n) is 8.45. The minimum absolute atomic E-state index is 0.0155. The second-order valence-electron chi connectivity index (χ2n) is 11.0. The van der Waals surface area contributed by atoms with E-state index in [0.29, 0.717) is 5.75 Å². The van der Waals surface area contributed by atoms with Gasteiger partial charge in [-0.3, -0.25) is 34.2 Å². The smallest absolute Gasteiger partial charge is 0.417 e. The topological polar surface area (TPSA) is 203 Å². The summed E-state index contributed by atoms with van der Waals surface area (Å²) in [7, 11) is 4.50. The molecule has 3 aliphatic carbocycles. The van der Waals surface area contributed by atoms with E-state index >= 15 is 0 Å². The Morgan fingerprint density at radius 1 is 1.02 bits per heavy atom. The summed E-state index contributed by atoms with van der Waals surface area (Å²) in [4.78, 5) is 80.3. The summed E-state index contributed by atoms with van der Waals surface area (Å²) in [6.07, 6.45) is -1.02. The van der Waals surface area contributed by atoms with Gasteiger partial charge in [0, 0.05) is 11.6 Å². The molecule has 0 spiro atoms. The molecule has 0 radical (unpaired) electrons. The van der Waals surface area contributed by atoms with Crippen molar-refractivity contribution in [2.75, 3.05) is 26.5 Å². The molecular weight excluding hydrogens is 550 g/mol. The summed E-state index contributed by atoms with van der Waals surface area (Å²) in [6, 6.07) is 7.56. The fraction of sp³-hybridized carbons (Fsp3) is 0.379. The van der Waals surface area contributed by atoms with E-state index in [2.05, 4.69) is 5.32 Å². The number of rotatable bonds is 5. The molecule has 13 nitrogen and oxygen atoms in total. The molecule has 42 heavy (non-hydrogen) atoms. The maximum Gasteiger partial charge on any atom is 0.417 e. The first kappa shape index (κ1) is 28.9. The molecule has 5 N–H and O–H groups in total. The monoisotopic (exact) mass is 579 g/mol. The van der Waals surface area contributed by atoms with Crippen molar-refractivity contribution in [3.8, 4) is 17.2 Å². The number of likely N-dealkylation sites (N-methyl/N-ethyl adjacent to an activating group) is 1. The van der Waals surface area contributed by atoms with Crippen molar-refractivity contribution in [3.05, 3.63) is 47.5 Å². The van der Waals surface area contributed by atoms with Crippen molar-refractivity contribution >= 4 is 40.8 Å². The minimum atomic E-state index is -2.81. The van der Waals surface area contributed by atoms with Gasteiger partial charge in [0.15, 0.2) is 34.7 Å². The Hall–Kier alpha value is -4.62. The minimum Gasteiger partial charge on any atom is -0.507 e. The number of carbonyl (C=O) groups is 6. The van der Waals surface area contributed by atoms with Crippen LogP contribution in [0.15, 0.2) is 36.4 Å². The summed E-state index contributed by atoms with van der Waals surface area (Å²) < 4.78 is 10.4. The van der Waals surface area contributed by atoms with Gasteiger partial charge in [-0.05, 0) is 74.8 Å². The lowest BCUT2D eigenvalue weighted by Crippen LogP contribution is -2.74. The average Bonchev–Trinajstić information content (AvgIpc) is 2.92. The number of ether oxygens (including phenoxy) is 2. The number of nitrogens with two attached hydrogens (primary N) is 1. The van der Waals surface area contributed by atoms with Crippen molar-refractivity contribution in [2.24, 2.45) is 29.4 Å². The number of nitrogens with zero attached hydrogens (tertiary/aromatic N) is 1. The summed E-state index contributed by atoms with van der Waals surface area (Å²) in [6.45, 7) is 0. The number of aromatic hydroxyl groups is 1. The van der Waals surface area contributed by atoms with E-state index in [-0.39, 0.29) is 35.4 Å². The predicted octanol–water partition coefficient (Wildman–Crippen LogP) is 0.487. The first-order chi connectivity index (χ1) is 19.8. The van der Waals surface area contributed by atoms with Crippen molar-refractivity contribution in [1.29, 1.82) is 0 Å². The first-order valence-electron chi connectivity index (χ1n) is 13.1. The number of anilines is 1. The lowest BCUT2D eigenvalue weighted by Gasteiger charge is -2.52. The molecule has 6 atom stereocenters. The van der Waals surface area contributed by atoms with Crippen LogP contribution in [0.2, 0.25) is 0 Å². The number of carbonyl (C=O) groups excluding carboxylic acids is 6. The van der Waals surface area contributed by atoms with Crippen LogP contribution in [-0.2, 0) is 25.6 Å². The van der Waals surface area contributed by atoms with Crippen LogP contribution in [0.4, 0.5) is 10.5 Å². The number of hydrogen-bond donors (Lipinski definition) is 4. The van der Waals surface area contributed by atoms with Crippen LogP contribution in [0.25, 0.3) is 0 Å². The van der Waals surface area contributed by atoms with Gasteiger partial charge in [0.05, 0.1) is 24.6 Å². The van der Waals surface area contributed by atoms with Gasteiger partial charge < -0.3 is 25.4 Å². The normalized spacial score (nSPS) is 28.5. The first-order valence-corrected chi connectivity index (χ1v) is 13.1. The van der Waals surface area contributed by atoms with E-state index in [4.69, 9.17) is 15.2 Å². The van der Waals surface area contributed by atoms with Crippen LogP contribution < -0.4 is 20.5 Å². The molecule has 220 valence electrons. The Balaban J connectivity index is 1.50. The van der Waals surface area contributed by atoms with Crippen LogP contribution in [0.1, 0.15) is 22.3 Å². The Morgan fingerprint density at radius 2 is 1.67 bits per heavy atom. The highest BCUT2D eigenvalue weighted by molar-refractivity contribution is 6.32. The van der Waals surface area contributed by atoms with Gasteiger partial charge in [-0.2, -0.15) is 0 Å². The standard InChI is InChI=1S/C29H29N3O10/c1-32(2)22-16-11-12-10-15-17(31-28(39)42-14-6-4-13(41-3)5-7-14)8-9-18(33)20(15)23(34)19(12)25(36)29(16,40)26(37)21(24(22)35)27(30)38/h4-9,12,16,19,21-22,33,40H,10-11H2,1-3H3,(H2,30,38)(H,31,39)/t12-,16-,19?,21?,22-,29-/m1/s1. The van der Waals surface area contributed by atoms with E-state index in [1.54, 1.807) is 12.1 Å². The highest BCUT2D eigenvalue weighted by Gasteiger charge is 2.69. The van der Waals surface area contributed by atoms with E-state index < -0.39 is 76.2 Å². The number of amides is 2. The maximum absolute atomic E-state index is 13.9. The Morgan fingerprint density at radius 3 is 2.26 bits per heavy atom. The second kappa shape index (κ2) is 10.3. The van der Waals surface area contributed by atoms with Crippen LogP contribution in [0.5, 0.6) is 17.2 Å². The molecule has 0 aliphatic heterocycles. The molecule has 0 bridgehead atoms. The number of hydrogen-bond acceptors (Lipinski definition) is 11.